The van der Waals surface area contributed by atoms with E-state index in [-0.39, 0.29) is 0 Å². The summed E-state index contributed by atoms with van der Waals surface area (Å²) < 4.78 is 0. The van der Waals surface area contributed by atoms with Gasteiger partial charge in [-0.05, 0) is 44.0 Å². The number of hydrogen-bond donors (Lipinski definition) is 2. The zero-order valence-electron chi connectivity index (χ0n) is 13.8. The second-order valence-electron chi connectivity index (χ2n) is 6.28. The number of aliphatic imine (C=N–C) groups is 1. The number of pyridine rings is 1. The van der Waals surface area contributed by atoms with E-state index in [2.05, 4.69) is 34.0 Å². The molecule has 0 bridgehead atoms. The van der Waals surface area contributed by atoms with Gasteiger partial charge in [-0.1, -0.05) is 19.9 Å². The fraction of sp³-hybridized carbons (Fsp3) is 0.647. The Morgan fingerprint density at radius 2 is 2.14 bits per heavy atom. The van der Waals surface area contributed by atoms with Crippen molar-refractivity contribution < 1.29 is 0 Å². The number of nitrogens with two attached hydrogens (primary N) is 1. The fourth-order valence-electron chi connectivity index (χ4n) is 2.93. The lowest BCUT2D eigenvalue weighted by Crippen LogP contribution is -2.41. The number of nitrogens with zero attached hydrogens (tertiary/aromatic N) is 3. The molecule has 1 fully saturated rings. The zero-order valence-corrected chi connectivity index (χ0v) is 13.8. The fourth-order valence-corrected chi connectivity index (χ4v) is 2.93. The standard InChI is InChI=1S/C17H29N5/c1-14(2)16(22-11-5-6-12-22)13-21-17(18)20-10-8-15-7-3-4-9-19-15/h3-4,7,9,14,16H,5-6,8,10-13H2,1-2H3,(H3,18,20,21). The summed E-state index contributed by atoms with van der Waals surface area (Å²) in [7, 11) is 0. The van der Waals surface area contributed by atoms with Gasteiger partial charge in [0.2, 0.25) is 0 Å². The molecular weight excluding hydrogens is 274 g/mol. The minimum Gasteiger partial charge on any atom is -0.370 e. The average molecular weight is 303 g/mol. The summed E-state index contributed by atoms with van der Waals surface area (Å²) in [6, 6.07) is 6.45. The Balaban J connectivity index is 1.75. The predicted octanol–water partition coefficient (Wildman–Crippen LogP) is 1.65. The van der Waals surface area contributed by atoms with Gasteiger partial charge in [0.1, 0.15) is 0 Å². The van der Waals surface area contributed by atoms with Crippen molar-refractivity contribution in [2.75, 3.05) is 26.2 Å². The molecule has 5 nitrogen and oxygen atoms in total. The quantitative estimate of drug-likeness (QED) is 0.594. The maximum atomic E-state index is 5.98. The molecule has 1 aromatic rings. The van der Waals surface area contributed by atoms with Crippen LogP contribution in [0.2, 0.25) is 0 Å². The monoisotopic (exact) mass is 303 g/mol. The van der Waals surface area contributed by atoms with Gasteiger partial charge in [0.05, 0.1) is 6.54 Å². The predicted molar refractivity (Wildman–Crippen MR) is 91.9 cm³/mol. The minimum absolute atomic E-state index is 0.499. The highest BCUT2D eigenvalue weighted by atomic mass is 15.2. The Labute approximate surface area is 134 Å². The lowest BCUT2D eigenvalue weighted by molar-refractivity contribution is 0.197. The lowest BCUT2D eigenvalue weighted by atomic mass is 10.0. The summed E-state index contributed by atoms with van der Waals surface area (Å²) >= 11 is 0. The van der Waals surface area contributed by atoms with Crippen LogP contribution in [0.4, 0.5) is 0 Å². The average Bonchev–Trinajstić information content (AvgIpc) is 3.02. The van der Waals surface area contributed by atoms with Gasteiger partial charge < -0.3 is 11.1 Å². The van der Waals surface area contributed by atoms with Crippen molar-refractivity contribution in [3.8, 4) is 0 Å². The SMILES string of the molecule is CC(C)C(CN=C(N)NCCc1ccccn1)N1CCCC1. The first-order valence-corrected chi connectivity index (χ1v) is 8.34. The van der Waals surface area contributed by atoms with E-state index in [1.807, 2.05) is 24.4 Å². The molecule has 0 amide bonds. The van der Waals surface area contributed by atoms with Crippen LogP contribution in [0.1, 0.15) is 32.4 Å². The molecule has 0 radical (unpaired) electrons. The van der Waals surface area contributed by atoms with Gasteiger partial charge in [0.25, 0.3) is 0 Å². The number of hydrogen-bond acceptors (Lipinski definition) is 3. The number of rotatable bonds is 7. The maximum Gasteiger partial charge on any atom is 0.188 e. The van der Waals surface area contributed by atoms with E-state index in [0.717, 1.165) is 25.2 Å². The number of likely N-dealkylation sites (tertiary alicyclic amines) is 1. The van der Waals surface area contributed by atoms with Gasteiger partial charge in [0.15, 0.2) is 5.96 Å². The summed E-state index contributed by atoms with van der Waals surface area (Å²) in [6.07, 6.45) is 5.29. The summed E-state index contributed by atoms with van der Waals surface area (Å²) in [5.74, 6) is 1.14. The Morgan fingerprint density at radius 3 is 2.77 bits per heavy atom. The lowest BCUT2D eigenvalue weighted by Gasteiger charge is -2.29. The molecule has 2 heterocycles. The second kappa shape index (κ2) is 8.73. The molecule has 1 aromatic heterocycles. The Kier molecular flexibility index (Phi) is 6.65. The van der Waals surface area contributed by atoms with Crippen LogP contribution in [0, 0.1) is 5.92 Å². The second-order valence-corrected chi connectivity index (χ2v) is 6.28. The van der Waals surface area contributed by atoms with E-state index in [9.17, 15) is 0 Å². The van der Waals surface area contributed by atoms with Gasteiger partial charge in [0, 0.05) is 30.9 Å². The summed E-state index contributed by atoms with van der Waals surface area (Å²) in [5, 5.41) is 3.19. The van der Waals surface area contributed by atoms with Gasteiger partial charge in [-0.15, -0.1) is 0 Å². The number of nitrogens with one attached hydrogen (secondary N) is 1. The van der Waals surface area contributed by atoms with Crippen molar-refractivity contribution in [1.82, 2.24) is 15.2 Å². The van der Waals surface area contributed by atoms with E-state index in [1.165, 1.54) is 25.9 Å². The van der Waals surface area contributed by atoms with Crippen molar-refractivity contribution in [3.63, 3.8) is 0 Å². The van der Waals surface area contributed by atoms with E-state index in [0.29, 0.717) is 17.9 Å². The van der Waals surface area contributed by atoms with Crippen molar-refractivity contribution in [3.05, 3.63) is 30.1 Å². The van der Waals surface area contributed by atoms with E-state index in [4.69, 9.17) is 5.73 Å². The van der Waals surface area contributed by atoms with Gasteiger partial charge in [-0.2, -0.15) is 0 Å². The van der Waals surface area contributed by atoms with Crippen LogP contribution >= 0.6 is 0 Å². The smallest absolute Gasteiger partial charge is 0.188 e. The molecule has 0 aromatic carbocycles. The van der Waals surface area contributed by atoms with Gasteiger partial charge >= 0.3 is 0 Å². The van der Waals surface area contributed by atoms with Crippen molar-refractivity contribution >= 4 is 5.96 Å². The van der Waals surface area contributed by atoms with Crippen molar-refractivity contribution in [2.24, 2.45) is 16.6 Å². The Morgan fingerprint density at radius 1 is 1.36 bits per heavy atom. The molecule has 1 aliphatic rings. The van der Waals surface area contributed by atoms with Crippen LogP contribution in [0.3, 0.4) is 0 Å². The van der Waals surface area contributed by atoms with Crippen LogP contribution in [0.25, 0.3) is 0 Å². The topological polar surface area (TPSA) is 66.5 Å². The number of guanidine groups is 1. The molecule has 0 spiro atoms. The zero-order chi connectivity index (χ0) is 15.8. The first-order valence-electron chi connectivity index (χ1n) is 8.34. The Bertz CT molecular complexity index is 451. The molecular formula is C17H29N5. The van der Waals surface area contributed by atoms with E-state index < -0.39 is 0 Å². The molecule has 3 N–H and O–H groups in total. The molecule has 1 atom stereocenters. The van der Waals surface area contributed by atoms with E-state index >= 15 is 0 Å². The van der Waals surface area contributed by atoms with Crippen LogP contribution in [0.15, 0.2) is 29.4 Å². The van der Waals surface area contributed by atoms with Crippen molar-refractivity contribution in [2.45, 2.75) is 39.2 Å². The normalized spacial score (nSPS) is 17.9. The highest BCUT2D eigenvalue weighted by molar-refractivity contribution is 5.77. The molecule has 22 heavy (non-hydrogen) atoms. The van der Waals surface area contributed by atoms with Gasteiger partial charge in [-0.25, -0.2) is 0 Å². The molecule has 122 valence electrons. The summed E-state index contributed by atoms with van der Waals surface area (Å²) in [6.45, 7) is 8.48. The highest BCUT2D eigenvalue weighted by Gasteiger charge is 2.24. The van der Waals surface area contributed by atoms with Crippen LogP contribution < -0.4 is 11.1 Å². The summed E-state index contributed by atoms with van der Waals surface area (Å²) in [4.78, 5) is 11.4. The third-order valence-corrected chi connectivity index (χ3v) is 4.24. The van der Waals surface area contributed by atoms with E-state index in [1.54, 1.807) is 0 Å². The minimum atomic E-state index is 0.499. The Hall–Kier alpha value is -1.62. The van der Waals surface area contributed by atoms with Crippen LogP contribution in [-0.4, -0.2) is 48.1 Å². The molecule has 0 aliphatic carbocycles. The first kappa shape index (κ1) is 16.7. The maximum absolute atomic E-state index is 5.98. The molecule has 2 rings (SSSR count). The molecule has 1 saturated heterocycles. The molecule has 1 aliphatic heterocycles. The van der Waals surface area contributed by atoms with Crippen LogP contribution in [0.5, 0.6) is 0 Å². The largest absolute Gasteiger partial charge is 0.370 e. The third kappa shape index (κ3) is 5.30. The molecule has 0 saturated carbocycles. The first-order chi connectivity index (χ1) is 10.7. The third-order valence-electron chi connectivity index (χ3n) is 4.24. The molecule has 5 heteroatoms. The highest BCUT2D eigenvalue weighted by Crippen LogP contribution is 2.17. The van der Waals surface area contributed by atoms with Crippen molar-refractivity contribution in [1.29, 1.82) is 0 Å². The molecule has 1 unspecified atom stereocenters. The number of aromatic nitrogens is 1. The van der Waals surface area contributed by atoms with Gasteiger partial charge in [-0.3, -0.25) is 14.9 Å². The van der Waals surface area contributed by atoms with Crippen LogP contribution in [-0.2, 0) is 6.42 Å². The summed E-state index contributed by atoms with van der Waals surface area (Å²) in [5.41, 5.74) is 7.05.